The molecule has 0 spiro atoms. The molecule has 0 unspecified atom stereocenters. The molecular formula is C15H15ClN2O2. The Morgan fingerprint density at radius 1 is 1.30 bits per heavy atom. The largest absolute Gasteiger partial charge is 0.478 e. The van der Waals surface area contributed by atoms with E-state index in [1.807, 2.05) is 12.1 Å². The summed E-state index contributed by atoms with van der Waals surface area (Å²) in [4.78, 5) is 14.8. The van der Waals surface area contributed by atoms with Crippen molar-refractivity contribution < 1.29 is 9.90 Å². The van der Waals surface area contributed by atoms with Gasteiger partial charge in [0, 0.05) is 12.7 Å². The average Bonchev–Trinajstić information content (AvgIpc) is 2.46. The Labute approximate surface area is 122 Å². The van der Waals surface area contributed by atoms with Gasteiger partial charge in [0.2, 0.25) is 0 Å². The van der Waals surface area contributed by atoms with Crippen molar-refractivity contribution >= 4 is 23.4 Å². The topological polar surface area (TPSA) is 62.2 Å². The minimum absolute atomic E-state index is 0.0767. The SMILES string of the molecule is CCc1ccc(CNc2ncc(C(=O)O)cc2Cl)cc1. The molecule has 0 radical (unpaired) electrons. The molecule has 1 aromatic carbocycles. The zero-order valence-corrected chi connectivity index (χ0v) is 11.8. The van der Waals surface area contributed by atoms with Crippen LogP contribution in [-0.4, -0.2) is 16.1 Å². The second-order valence-electron chi connectivity index (χ2n) is 4.38. The predicted molar refractivity (Wildman–Crippen MR) is 79.4 cm³/mol. The first-order chi connectivity index (χ1) is 9.60. The van der Waals surface area contributed by atoms with Crippen LogP contribution in [-0.2, 0) is 13.0 Å². The number of anilines is 1. The lowest BCUT2D eigenvalue weighted by molar-refractivity contribution is 0.0696. The molecule has 1 aromatic heterocycles. The molecule has 1 heterocycles. The van der Waals surface area contributed by atoms with E-state index in [-0.39, 0.29) is 5.56 Å². The van der Waals surface area contributed by atoms with Gasteiger partial charge in [-0.1, -0.05) is 42.8 Å². The highest BCUT2D eigenvalue weighted by molar-refractivity contribution is 6.33. The summed E-state index contributed by atoms with van der Waals surface area (Å²) in [6, 6.07) is 9.65. The Balaban J connectivity index is 2.04. The lowest BCUT2D eigenvalue weighted by Gasteiger charge is -2.08. The number of nitrogens with zero attached hydrogens (tertiary/aromatic N) is 1. The fraction of sp³-hybridized carbons (Fsp3) is 0.200. The van der Waals surface area contributed by atoms with Gasteiger partial charge in [-0.3, -0.25) is 0 Å². The van der Waals surface area contributed by atoms with Crippen molar-refractivity contribution in [3.8, 4) is 0 Å². The van der Waals surface area contributed by atoms with E-state index in [2.05, 4.69) is 29.4 Å². The molecular weight excluding hydrogens is 276 g/mol. The van der Waals surface area contributed by atoms with Crippen molar-refractivity contribution in [2.24, 2.45) is 0 Å². The van der Waals surface area contributed by atoms with Crippen LogP contribution >= 0.6 is 11.6 Å². The summed E-state index contributed by atoms with van der Waals surface area (Å²) >= 11 is 6.00. The minimum atomic E-state index is -1.04. The number of hydrogen-bond acceptors (Lipinski definition) is 3. The highest BCUT2D eigenvalue weighted by Crippen LogP contribution is 2.20. The van der Waals surface area contributed by atoms with E-state index in [0.717, 1.165) is 12.0 Å². The van der Waals surface area contributed by atoms with Crippen LogP contribution in [0.2, 0.25) is 5.02 Å². The van der Waals surface area contributed by atoms with Crippen LogP contribution in [0.3, 0.4) is 0 Å². The van der Waals surface area contributed by atoms with Gasteiger partial charge < -0.3 is 10.4 Å². The molecule has 104 valence electrons. The van der Waals surface area contributed by atoms with Crippen molar-refractivity contribution in [1.29, 1.82) is 0 Å². The molecule has 5 heteroatoms. The van der Waals surface area contributed by atoms with Gasteiger partial charge >= 0.3 is 5.97 Å². The number of rotatable bonds is 5. The van der Waals surface area contributed by atoms with Crippen LogP contribution in [0.5, 0.6) is 0 Å². The van der Waals surface area contributed by atoms with E-state index >= 15 is 0 Å². The maximum atomic E-state index is 10.8. The molecule has 2 aromatic rings. The molecule has 0 atom stereocenters. The van der Waals surface area contributed by atoms with E-state index in [1.165, 1.54) is 17.8 Å². The lowest BCUT2D eigenvalue weighted by atomic mass is 10.1. The number of benzene rings is 1. The van der Waals surface area contributed by atoms with Crippen LogP contribution in [0.1, 0.15) is 28.4 Å². The first-order valence-corrected chi connectivity index (χ1v) is 6.68. The number of carboxylic acid groups (broad SMARTS) is 1. The average molecular weight is 291 g/mol. The Bertz CT molecular complexity index is 612. The standard InChI is InChI=1S/C15H15ClN2O2/c1-2-10-3-5-11(6-4-10)8-17-14-13(16)7-12(9-18-14)15(19)20/h3-7,9H,2,8H2,1H3,(H,17,18)(H,19,20). The van der Waals surface area contributed by atoms with Gasteiger partial charge in [0.1, 0.15) is 5.82 Å². The van der Waals surface area contributed by atoms with Crippen LogP contribution in [0.25, 0.3) is 0 Å². The number of aromatic carboxylic acids is 1. The van der Waals surface area contributed by atoms with E-state index in [4.69, 9.17) is 16.7 Å². The molecule has 2 rings (SSSR count). The number of pyridine rings is 1. The Morgan fingerprint density at radius 3 is 2.50 bits per heavy atom. The zero-order valence-electron chi connectivity index (χ0n) is 11.1. The fourth-order valence-electron chi connectivity index (χ4n) is 1.76. The van der Waals surface area contributed by atoms with Crippen LogP contribution in [0.4, 0.5) is 5.82 Å². The molecule has 0 aliphatic carbocycles. The fourth-order valence-corrected chi connectivity index (χ4v) is 2.00. The van der Waals surface area contributed by atoms with Gasteiger partial charge in [-0.05, 0) is 23.6 Å². The summed E-state index contributed by atoms with van der Waals surface area (Å²) in [6.07, 6.45) is 2.30. The second kappa shape index (κ2) is 6.39. The normalized spacial score (nSPS) is 10.3. The summed E-state index contributed by atoms with van der Waals surface area (Å²) in [7, 11) is 0. The van der Waals surface area contributed by atoms with Crippen molar-refractivity contribution in [2.75, 3.05) is 5.32 Å². The monoisotopic (exact) mass is 290 g/mol. The molecule has 4 nitrogen and oxygen atoms in total. The Morgan fingerprint density at radius 2 is 1.95 bits per heavy atom. The van der Waals surface area contributed by atoms with Crippen molar-refractivity contribution in [3.63, 3.8) is 0 Å². The van der Waals surface area contributed by atoms with Crippen LogP contribution in [0, 0.1) is 0 Å². The molecule has 0 amide bonds. The molecule has 2 N–H and O–H groups in total. The molecule has 0 fully saturated rings. The number of aromatic nitrogens is 1. The maximum Gasteiger partial charge on any atom is 0.337 e. The van der Waals surface area contributed by atoms with Gasteiger partial charge in [-0.25, -0.2) is 9.78 Å². The highest BCUT2D eigenvalue weighted by Gasteiger charge is 2.08. The summed E-state index contributed by atoms with van der Waals surface area (Å²) in [5, 5.41) is 12.2. The van der Waals surface area contributed by atoms with Crippen molar-refractivity contribution in [2.45, 2.75) is 19.9 Å². The molecule has 20 heavy (non-hydrogen) atoms. The molecule has 0 bridgehead atoms. The van der Waals surface area contributed by atoms with Crippen LogP contribution < -0.4 is 5.32 Å². The number of hydrogen-bond donors (Lipinski definition) is 2. The van der Waals surface area contributed by atoms with Gasteiger partial charge in [0.15, 0.2) is 0 Å². The van der Waals surface area contributed by atoms with E-state index in [9.17, 15) is 4.79 Å². The van der Waals surface area contributed by atoms with E-state index in [0.29, 0.717) is 17.4 Å². The van der Waals surface area contributed by atoms with Gasteiger partial charge in [-0.2, -0.15) is 0 Å². The summed E-state index contributed by atoms with van der Waals surface area (Å²) in [5.41, 5.74) is 2.48. The maximum absolute atomic E-state index is 10.8. The number of carboxylic acids is 1. The molecule has 0 saturated heterocycles. The van der Waals surface area contributed by atoms with Crippen molar-refractivity contribution in [3.05, 3.63) is 58.2 Å². The third-order valence-electron chi connectivity index (χ3n) is 2.98. The Hall–Kier alpha value is -2.07. The number of carbonyl (C=O) groups is 1. The zero-order chi connectivity index (χ0) is 14.5. The summed E-state index contributed by atoms with van der Waals surface area (Å²) < 4.78 is 0. The lowest BCUT2D eigenvalue weighted by Crippen LogP contribution is -2.04. The number of nitrogens with one attached hydrogen (secondary N) is 1. The minimum Gasteiger partial charge on any atom is -0.478 e. The first kappa shape index (κ1) is 14.3. The van der Waals surface area contributed by atoms with Gasteiger partial charge in [0.05, 0.1) is 10.6 Å². The third-order valence-corrected chi connectivity index (χ3v) is 3.27. The third kappa shape index (κ3) is 3.48. The van der Waals surface area contributed by atoms with E-state index < -0.39 is 5.97 Å². The Kier molecular flexibility index (Phi) is 4.58. The number of halogens is 1. The predicted octanol–water partition coefficient (Wildman–Crippen LogP) is 3.61. The van der Waals surface area contributed by atoms with Gasteiger partial charge in [-0.15, -0.1) is 0 Å². The summed E-state index contributed by atoms with van der Waals surface area (Å²) in [5.74, 6) is -0.558. The highest BCUT2D eigenvalue weighted by atomic mass is 35.5. The van der Waals surface area contributed by atoms with E-state index in [1.54, 1.807) is 0 Å². The molecule has 0 saturated carbocycles. The van der Waals surface area contributed by atoms with Crippen molar-refractivity contribution in [1.82, 2.24) is 4.98 Å². The molecule has 0 aliphatic rings. The quantitative estimate of drug-likeness (QED) is 0.883. The van der Waals surface area contributed by atoms with Crippen LogP contribution in [0.15, 0.2) is 36.5 Å². The number of aryl methyl sites for hydroxylation is 1. The first-order valence-electron chi connectivity index (χ1n) is 6.30. The second-order valence-corrected chi connectivity index (χ2v) is 4.79. The molecule has 0 aliphatic heterocycles. The summed E-state index contributed by atoms with van der Waals surface area (Å²) in [6.45, 7) is 2.70. The van der Waals surface area contributed by atoms with Gasteiger partial charge in [0.25, 0.3) is 0 Å². The smallest absolute Gasteiger partial charge is 0.337 e.